The Morgan fingerprint density at radius 1 is 1.39 bits per heavy atom. The van der Waals surface area contributed by atoms with Crippen LogP contribution in [0.1, 0.15) is 11.1 Å². The zero-order valence-electron chi connectivity index (χ0n) is 9.38. The normalized spacial score (nSPS) is 10.3. The predicted molar refractivity (Wildman–Crippen MR) is 72.4 cm³/mol. The number of aromatic nitrogens is 2. The third-order valence-corrected chi connectivity index (χ3v) is 5.17. The van der Waals surface area contributed by atoms with Crippen LogP contribution in [-0.2, 0) is 5.75 Å². The van der Waals surface area contributed by atoms with Crippen molar-refractivity contribution in [1.82, 2.24) is 10.2 Å². The molecule has 0 spiro atoms. The van der Waals surface area contributed by atoms with Gasteiger partial charge in [-0.1, -0.05) is 34.9 Å². The van der Waals surface area contributed by atoms with Gasteiger partial charge in [0.25, 0.3) is 0 Å². The van der Waals surface area contributed by atoms with E-state index in [0.29, 0.717) is 16.9 Å². The van der Waals surface area contributed by atoms with Crippen molar-refractivity contribution in [3.05, 3.63) is 35.1 Å². The van der Waals surface area contributed by atoms with Crippen molar-refractivity contribution in [1.29, 1.82) is 5.26 Å². The number of hydrogen-bond acceptors (Lipinski definition) is 6. The number of hydrogen-bond donors (Lipinski definition) is 0. The van der Waals surface area contributed by atoms with E-state index in [-0.39, 0.29) is 5.82 Å². The number of rotatable bonds is 4. The van der Waals surface area contributed by atoms with Crippen molar-refractivity contribution in [2.45, 2.75) is 14.4 Å². The molecule has 2 aromatic rings. The van der Waals surface area contributed by atoms with E-state index < -0.39 is 0 Å². The smallest absolute Gasteiger partial charge is 0.175 e. The summed E-state index contributed by atoms with van der Waals surface area (Å²) in [6, 6.07) is 6.36. The highest BCUT2D eigenvalue weighted by molar-refractivity contribution is 8.02. The summed E-state index contributed by atoms with van der Waals surface area (Å²) in [4.78, 5) is 0. The second kappa shape index (κ2) is 6.18. The molecule has 0 saturated carbocycles. The minimum Gasteiger partial charge on any atom is -0.207 e. The quantitative estimate of drug-likeness (QED) is 0.808. The molecule has 0 fully saturated rings. The molecule has 0 bridgehead atoms. The van der Waals surface area contributed by atoms with Gasteiger partial charge in [0.1, 0.15) is 5.82 Å². The van der Waals surface area contributed by atoms with Crippen LogP contribution in [0.2, 0.25) is 0 Å². The zero-order valence-corrected chi connectivity index (χ0v) is 11.8. The summed E-state index contributed by atoms with van der Waals surface area (Å²) in [7, 11) is 0. The van der Waals surface area contributed by atoms with E-state index in [2.05, 4.69) is 10.2 Å². The highest BCUT2D eigenvalue weighted by Gasteiger charge is 2.08. The lowest BCUT2D eigenvalue weighted by atomic mass is 10.1. The van der Waals surface area contributed by atoms with Crippen molar-refractivity contribution in [2.24, 2.45) is 0 Å². The lowest BCUT2D eigenvalue weighted by Crippen LogP contribution is -1.89. The van der Waals surface area contributed by atoms with Crippen LogP contribution in [-0.4, -0.2) is 16.5 Å². The first kappa shape index (κ1) is 13.3. The highest BCUT2D eigenvalue weighted by Crippen LogP contribution is 2.30. The molecular weight excluding hydrogens is 289 g/mol. The molecule has 0 aliphatic rings. The van der Waals surface area contributed by atoms with Gasteiger partial charge in [0, 0.05) is 5.75 Å². The van der Waals surface area contributed by atoms with Gasteiger partial charge in [-0.2, -0.15) is 5.26 Å². The molecule has 0 aliphatic heterocycles. The molecular formula is C11H8FN3S3. The highest BCUT2D eigenvalue weighted by atomic mass is 32.2. The van der Waals surface area contributed by atoms with E-state index >= 15 is 0 Å². The van der Waals surface area contributed by atoms with E-state index in [9.17, 15) is 4.39 Å². The van der Waals surface area contributed by atoms with E-state index in [4.69, 9.17) is 5.26 Å². The number of benzene rings is 1. The SMILES string of the molecule is CSc1nnc(SCc2cc(C#N)ccc2F)s1. The van der Waals surface area contributed by atoms with Crippen molar-refractivity contribution in [3.63, 3.8) is 0 Å². The number of nitriles is 1. The molecule has 3 nitrogen and oxygen atoms in total. The molecule has 0 unspecified atom stereocenters. The van der Waals surface area contributed by atoms with Gasteiger partial charge in [0.2, 0.25) is 0 Å². The molecule has 0 saturated heterocycles. The van der Waals surface area contributed by atoms with Crippen molar-refractivity contribution in [2.75, 3.05) is 6.26 Å². The predicted octanol–water partition coefficient (Wildman–Crippen LogP) is 3.56. The Morgan fingerprint density at radius 3 is 2.83 bits per heavy atom. The minimum atomic E-state index is -0.295. The fraction of sp³-hybridized carbons (Fsp3) is 0.182. The van der Waals surface area contributed by atoms with Crippen LogP contribution in [0.4, 0.5) is 4.39 Å². The topological polar surface area (TPSA) is 49.6 Å². The van der Waals surface area contributed by atoms with Gasteiger partial charge in [0.15, 0.2) is 8.68 Å². The maximum Gasteiger partial charge on any atom is 0.175 e. The first-order valence-corrected chi connectivity index (χ1v) is 7.94. The van der Waals surface area contributed by atoms with Crippen molar-refractivity contribution < 1.29 is 4.39 Å². The van der Waals surface area contributed by atoms with Gasteiger partial charge in [-0.05, 0) is 30.0 Å². The Morgan fingerprint density at radius 2 is 2.17 bits per heavy atom. The van der Waals surface area contributed by atoms with Crippen LogP contribution in [0.3, 0.4) is 0 Å². The van der Waals surface area contributed by atoms with Gasteiger partial charge in [-0.15, -0.1) is 10.2 Å². The van der Waals surface area contributed by atoms with Crippen LogP contribution >= 0.6 is 34.9 Å². The minimum absolute atomic E-state index is 0.295. The summed E-state index contributed by atoms with van der Waals surface area (Å²) in [5.74, 6) is 0.154. The summed E-state index contributed by atoms with van der Waals surface area (Å²) in [5, 5.41) is 16.7. The van der Waals surface area contributed by atoms with Crippen LogP contribution < -0.4 is 0 Å². The molecule has 18 heavy (non-hydrogen) atoms. The van der Waals surface area contributed by atoms with E-state index in [0.717, 1.165) is 8.68 Å². The Labute approximate surface area is 116 Å². The van der Waals surface area contributed by atoms with Gasteiger partial charge in [-0.3, -0.25) is 0 Å². The number of nitrogens with zero attached hydrogens (tertiary/aromatic N) is 3. The fourth-order valence-electron chi connectivity index (χ4n) is 1.23. The molecule has 0 amide bonds. The zero-order chi connectivity index (χ0) is 13.0. The second-order valence-corrected chi connectivity index (χ2v) is 6.50. The summed E-state index contributed by atoms with van der Waals surface area (Å²) in [6.07, 6.45) is 1.94. The molecule has 0 radical (unpaired) electrons. The van der Waals surface area contributed by atoms with Crippen LogP contribution in [0.5, 0.6) is 0 Å². The maximum absolute atomic E-state index is 13.5. The van der Waals surface area contributed by atoms with Gasteiger partial charge in [-0.25, -0.2) is 4.39 Å². The first-order valence-electron chi connectivity index (χ1n) is 4.91. The van der Waals surface area contributed by atoms with Gasteiger partial charge >= 0.3 is 0 Å². The standard InChI is InChI=1S/C11H8FN3S3/c1-16-10-14-15-11(18-10)17-6-8-4-7(5-13)2-3-9(8)12/h2-4H,6H2,1H3. The monoisotopic (exact) mass is 297 g/mol. The maximum atomic E-state index is 13.5. The molecule has 0 N–H and O–H groups in total. The second-order valence-electron chi connectivity index (χ2n) is 3.24. The summed E-state index contributed by atoms with van der Waals surface area (Å²) >= 11 is 4.44. The lowest BCUT2D eigenvalue weighted by Gasteiger charge is -2.01. The van der Waals surface area contributed by atoms with Gasteiger partial charge < -0.3 is 0 Å². The molecule has 1 aromatic heterocycles. The molecule has 2 rings (SSSR count). The average Bonchev–Trinajstić information content (AvgIpc) is 2.86. The molecule has 1 aromatic carbocycles. The molecule has 92 valence electrons. The summed E-state index contributed by atoms with van der Waals surface area (Å²) in [6.45, 7) is 0. The largest absolute Gasteiger partial charge is 0.207 e. The van der Waals surface area contributed by atoms with Crippen LogP contribution in [0.25, 0.3) is 0 Å². The van der Waals surface area contributed by atoms with Crippen molar-refractivity contribution >= 4 is 34.9 Å². The molecule has 0 atom stereocenters. The average molecular weight is 297 g/mol. The number of thioether (sulfide) groups is 2. The Bertz CT molecular complexity index is 591. The van der Waals surface area contributed by atoms with E-state index in [1.807, 2.05) is 12.3 Å². The fourth-order valence-corrected chi connectivity index (χ4v) is 3.64. The van der Waals surface area contributed by atoms with Gasteiger partial charge in [0.05, 0.1) is 11.6 Å². The van der Waals surface area contributed by atoms with Crippen molar-refractivity contribution in [3.8, 4) is 6.07 Å². The Kier molecular flexibility index (Phi) is 4.58. The van der Waals surface area contributed by atoms with Crippen LogP contribution in [0.15, 0.2) is 26.9 Å². The Hall–Kier alpha value is -1.10. The summed E-state index contributed by atoms with van der Waals surface area (Å²) in [5.41, 5.74) is 0.981. The Balaban J connectivity index is 2.08. The summed E-state index contributed by atoms with van der Waals surface area (Å²) < 4.78 is 15.2. The number of halogens is 1. The molecule has 0 aliphatic carbocycles. The van der Waals surface area contributed by atoms with Crippen LogP contribution in [0, 0.1) is 17.1 Å². The van der Waals surface area contributed by atoms with E-state index in [1.165, 1.54) is 47.0 Å². The third-order valence-electron chi connectivity index (χ3n) is 2.09. The molecule has 1 heterocycles. The third kappa shape index (κ3) is 3.22. The first-order chi connectivity index (χ1) is 8.72. The lowest BCUT2D eigenvalue weighted by molar-refractivity contribution is 0.617. The molecule has 7 heteroatoms. The van der Waals surface area contributed by atoms with E-state index in [1.54, 1.807) is 6.07 Å².